The summed E-state index contributed by atoms with van der Waals surface area (Å²) in [5.41, 5.74) is 2.20. The molecule has 0 saturated carbocycles. The molecule has 0 radical (unpaired) electrons. The lowest BCUT2D eigenvalue weighted by Crippen LogP contribution is -2.35. The number of hydrogen-bond acceptors (Lipinski definition) is 5. The predicted octanol–water partition coefficient (Wildman–Crippen LogP) is 4.85. The normalized spacial score (nSPS) is 10.5. The lowest BCUT2D eigenvalue weighted by Gasteiger charge is -2.22. The van der Waals surface area contributed by atoms with Crippen LogP contribution in [0.1, 0.15) is 54.2 Å². The number of anilines is 1. The zero-order valence-corrected chi connectivity index (χ0v) is 17.0. The summed E-state index contributed by atoms with van der Waals surface area (Å²) in [6.07, 6.45) is 3.06. The minimum Gasteiger partial charge on any atom is -0.461 e. The number of amides is 2. The molecular weight excluding hydrogens is 362 g/mol. The number of esters is 1. The molecule has 2 aromatic rings. The number of benzene rings is 1. The summed E-state index contributed by atoms with van der Waals surface area (Å²) in [6, 6.07) is 7.54. The van der Waals surface area contributed by atoms with Gasteiger partial charge in [-0.3, -0.25) is 0 Å². The van der Waals surface area contributed by atoms with Crippen molar-refractivity contribution in [3.05, 3.63) is 45.9 Å². The van der Waals surface area contributed by atoms with E-state index >= 15 is 0 Å². The highest BCUT2D eigenvalue weighted by Gasteiger charge is 2.18. The van der Waals surface area contributed by atoms with Gasteiger partial charge in [0.15, 0.2) is 5.69 Å². The number of urea groups is 1. The van der Waals surface area contributed by atoms with Crippen LogP contribution in [0.2, 0.25) is 0 Å². The van der Waals surface area contributed by atoms with E-state index in [1.807, 2.05) is 31.2 Å². The summed E-state index contributed by atoms with van der Waals surface area (Å²) in [6.45, 7) is 7.21. The topological polar surface area (TPSA) is 71.5 Å². The van der Waals surface area contributed by atoms with Crippen molar-refractivity contribution in [2.45, 2.75) is 46.6 Å². The van der Waals surface area contributed by atoms with E-state index in [1.165, 1.54) is 11.3 Å². The molecule has 0 bridgehead atoms. The van der Waals surface area contributed by atoms with Gasteiger partial charge in [0.2, 0.25) is 0 Å². The minimum absolute atomic E-state index is 0.164. The van der Waals surface area contributed by atoms with Gasteiger partial charge in [-0.15, -0.1) is 11.3 Å². The molecule has 146 valence electrons. The van der Waals surface area contributed by atoms with Gasteiger partial charge in [-0.1, -0.05) is 37.5 Å². The number of aromatic nitrogens is 1. The molecule has 7 heteroatoms. The average Bonchev–Trinajstić information content (AvgIpc) is 3.12. The van der Waals surface area contributed by atoms with E-state index in [-0.39, 0.29) is 6.03 Å². The Hall–Kier alpha value is -2.41. The van der Waals surface area contributed by atoms with Crippen molar-refractivity contribution in [3.63, 3.8) is 0 Å². The Morgan fingerprint density at radius 2 is 1.93 bits per heavy atom. The van der Waals surface area contributed by atoms with Crippen molar-refractivity contribution in [3.8, 4) is 0 Å². The second-order valence-corrected chi connectivity index (χ2v) is 7.21. The van der Waals surface area contributed by atoms with Crippen LogP contribution in [0.15, 0.2) is 29.6 Å². The van der Waals surface area contributed by atoms with Crippen LogP contribution in [0.5, 0.6) is 0 Å². The Kier molecular flexibility index (Phi) is 8.26. The SMILES string of the molecule is CCCCCN(Cc1nc(C(=O)OCC)cs1)C(=O)Nc1ccc(C)cc1. The van der Waals surface area contributed by atoms with Crippen LogP contribution in [0, 0.1) is 6.92 Å². The Balaban J connectivity index is 2.05. The number of unbranched alkanes of at least 4 members (excludes halogenated alkanes) is 2. The van der Waals surface area contributed by atoms with Gasteiger partial charge in [0.25, 0.3) is 0 Å². The molecule has 0 spiro atoms. The highest BCUT2D eigenvalue weighted by molar-refractivity contribution is 7.09. The Morgan fingerprint density at radius 1 is 1.19 bits per heavy atom. The molecule has 1 aromatic heterocycles. The van der Waals surface area contributed by atoms with Gasteiger partial charge in [-0.25, -0.2) is 14.6 Å². The van der Waals surface area contributed by atoms with Crippen LogP contribution in [0.4, 0.5) is 10.5 Å². The number of carbonyl (C=O) groups excluding carboxylic acids is 2. The van der Waals surface area contributed by atoms with Crippen LogP contribution in [-0.4, -0.2) is 35.0 Å². The Morgan fingerprint density at radius 3 is 2.59 bits per heavy atom. The molecule has 1 N–H and O–H groups in total. The summed E-state index contributed by atoms with van der Waals surface area (Å²) in [5, 5.41) is 5.33. The van der Waals surface area contributed by atoms with Gasteiger partial charge >= 0.3 is 12.0 Å². The van der Waals surface area contributed by atoms with Gasteiger partial charge in [-0.05, 0) is 32.4 Å². The zero-order valence-electron chi connectivity index (χ0n) is 16.2. The van der Waals surface area contributed by atoms with Crippen molar-refractivity contribution < 1.29 is 14.3 Å². The fraction of sp³-hybridized carbons (Fsp3) is 0.450. The van der Waals surface area contributed by atoms with E-state index in [2.05, 4.69) is 17.2 Å². The monoisotopic (exact) mass is 389 g/mol. The van der Waals surface area contributed by atoms with E-state index in [4.69, 9.17) is 4.74 Å². The smallest absolute Gasteiger partial charge is 0.357 e. The van der Waals surface area contributed by atoms with E-state index < -0.39 is 5.97 Å². The molecule has 1 aromatic carbocycles. The molecule has 6 nitrogen and oxygen atoms in total. The molecule has 0 unspecified atom stereocenters. The maximum Gasteiger partial charge on any atom is 0.357 e. The maximum atomic E-state index is 12.7. The van der Waals surface area contributed by atoms with Crippen LogP contribution in [-0.2, 0) is 11.3 Å². The molecule has 2 amide bonds. The van der Waals surface area contributed by atoms with Gasteiger partial charge in [0, 0.05) is 17.6 Å². The molecule has 2 rings (SSSR count). The predicted molar refractivity (Wildman–Crippen MR) is 108 cm³/mol. The van der Waals surface area contributed by atoms with Crippen molar-refractivity contribution in [1.82, 2.24) is 9.88 Å². The van der Waals surface area contributed by atoms with E-state index in [1.54, 1.807) is 17.2 Å². The summed E-state index contributed by atoms with van der Waals surface area (Å²) in [5.74, 6) is -0.429. The number of nitrogens with zero attached hydrogens (tertiary/aromatic N) is 2. The number of thiazole rings is 1. The van der Waals surface area contributed by atoms with Gasteiger partial charge in [0.1, 0.15) is 5.01 Å². The fourth-order valence-electron chi connectivity index (χ4n) is 2.49. The van der Waals surface area contributed by atoms with Gasteiger partial charge < -0.3 is 15.0 Å². The summed E-state index contributed by atoms with van der Waals surface area (Å²) >= 11 is 1.36. The van der Waals surface area contributed by atoms with E-state index in [0.29, 0.717) is 30.4 Å². The second-order valence-electron chi connectivity index (χ2n) is 6.27. The fourth-order valence-corrected chi connectivity index (χ4v) is 3.27. The first-order chi connectivity index (χ1) is 13.0. The molecule has 1 heterocycles. The Bertz CT molecular complexity index is 743. The largest absolute Gasteiger partial charge is 0.461 e. The van der Waals surface area contributed by atoms with E-state index in [9.17, 15) is 9.59 Å². The first-order valence-electron chi connectivity index (χ1n) is 9.27. The molecule has 0 aliphatic carbocycles. The summed E-state index contributed by atoms with van der Waals surface area (Å²) in [4.78, 5) is 30.6. The number of rotatable bonds is 9. The molecule has 0 fully saturated rings. The highest BCUT2D eigenvalue weighted by atomic mass is 32.1. The molecule has 27 heavy (non-hydrogen) atoms. The molecule has 0 aliphatic rings. The average molecular weight is 390 g/mol. The van der Waals surface area contributed by atoms with Crippen LogP contribution in [0.25, 0.3) is 0 Å². The minimum atomic E-state index is -0.429. The quantitative estimate of drug-likeness (QED) is 0.491. The first-order valence-corrected chi connectivity index (χ1v) is 10.2. The second kappa shape index (κ2) is 10.7. The zero-order chi connectivity index (χ0) is 19.6. The first kappa shape index (κ1) is 20.9. The number of carbonyl (C=O) groups is 2. The van der Waals surface area contributed by atoms with Crippen LogP contribution in [0.3, 0.4) is 0 Å². The molecule has 0 aliphatic heterocycles. The van der Waals surface area contributed by atoms with E-state index in [0.717, 1.165) is 30.5 Å². The third kappa shape index (κ3) is 6.67. The van der Waals surface area contributed by atoms with Crippen molar-refractivity contribution >= 4 is 29.0 Å². The molecular formula is C20H27N3O3S. The summed E-state index contributed by atoms with van der Waals surface area (Å²) < 4.78 is 4.97. The number of nitrogens with one attached hydrogen (secondary N) is 1. The molecule has 0 saturated heterocycles. The van der Waals surface area contributed by atoms with Crippen molar-refractivity contribution in [2.24, 2.45) is 0 Å². The molecule has 0 atom stereocenters. The number of aryl methyl sites for hydroxylation is 1. The number of ether oxygens (including phenoxy) is 1. The highest BCUT2D eigenvalue weighted by Crippen LogP contribution is 2.16. The lowest BCUT2D eigenvalue weighted by atomic mass is 10.2. The van der Waals surface area contributed by atoms with Crippen molar-refractivity contribution in [2.75, 3.05) is 18.5 Å². The third-order valence-corrected chi connectivity index (χ3v) is 4.82. The standard InChI is InChI=1S/C20H27N3O3S/c1-4-6-7-12-23(20(25)21-16-10-8-15(3)9-11-16)13-18-22-17(14-27-18)19(24)26-5-2/h8-11,14H,4-7,12-13H2,1-3H3,(H,21,25). The van der Waals surface area contributed by atoms with Gasteiger partial charge in [0.05, 0.1) is 13.2 Å². The third-order valence-electron chi connectivity index (χ3n) is 3.98. The maximum absolute atomic E-state index is 12.7. The van der Waals surface area contributed by atoms with Crippen molar-refractivity contribution in [1.29, 1.82) is 0 Å². The summed E-state index contributed by atoms with van der Waals surface area (Å²) in [7, 11) is 0. The number of hydrogen-bond donors (Lipinski definition) is 1. The lowest BCUT2D eigenvalue weighted by molar-refractivity contribution is 0.0520. The van der Waals surface area contributed by atoms with Gasteiger partial charge in [-0.2, -0.15) is 0 Å². The Labute approximate surface area is 164 Å². The van der Waals surface area contributed by atoms with Crippen LogP contribution < -0.4 is 5.32 Å². The van der Waals surface area contributed by atoms with Crippen LogP contribution >= 0.6 is 11.3 Å².